The van der Waals surface area contributed by atoms with Gasteiger partial charge in [0.25, 0.3) is 0 Å². The number of unbranched alkanes of at least 4 members (excludes halogenated alkanes) is 4. The largest absolute Gasteiger partial charge is 0.388 e. The van der Waals surface area contributed by atoms with E-state index in [-0.39, 0.29) is 5.41 Å². The van der Waals surface area contributed by atoms with Crippen molar-refractivity contribution in [2.24, 2.45) is 5.41 Å². The Bertz CT molecular complexity index is 747. The number of hydrazine groups is 1. The summed E-state index contributed by atoms with van der Waals surface area (Å²) >= 11 is 0. The van der Waals surface area contributed by atoms with Crippen molar-refractivity contribution in [2.75, 3.05) is 17.2 Å². The molecule has 164 valence electrons. The third-order valence-electron chi connectivity index (χ3n) is 5.93. The van der Waals surface area contributed by atoms with E-state index in [0.29, 0.717) is 18.7 Å². The average Bonchev–Trinajstić information content (AvgIpc) is 2.65. The van der Waals surface area contributed by atoms with E-state index in [0.717, 1.165) is 69.6 Å². The molecule has 7 heteroatoms. The van der Waals surface area contributed by atoms with Crippen molar-refractivity contribution in [1.82, 2.24) is 5.43 Å². The maximum absolute atomic E-state index is 12.3. The summed E-state index contributed by atoms with van der Waals surface area (Å²) in [5.41, 5.74) is 4.25. The van der Waals surface area contributed by atoms with Crippen LogP contribution in [0.5, 0.6) is 0 Å². The number of anilines is 1. The van der Waals surface area contributed by atoms with Crippen molar-refractivity contribution in [1.29, 1.82) is 0 Å². The minimum atomic E-state index is -3.50. The minimum absolute atomic E-state index is 0.0712. The predicted octanol–water partition coefficient (Wildman–Crippen LogP) is 4.11. The molecule has 0 amide bonds. The molecule has 1 fully saturated rings. The van der Waals surface area contributed by atoms with E-state index in [1.54, 1.807) is 12.1 Å². The minimum Gasteiger partial charge on any atom is -0.388 e. The van der Waals surface area contributed by atoms with E-state index in [2.05, 4.69) is 12.3 Å². The zero-order valence-corrected chi connectivity index (χ0v) is 18.6. The standard InChI is InChI=1S/C22H36N2O4S/c1-3-13-22(14-10-15-22)21(26)19-11-9-12-20(18-19)24(29(2,27)28)23-16-7-5-4-6-8-17-25/h9,11-12,17-18,21,23,26H,3-8,10,13-16H2,1-2H3. The van der Waals surface area contributed by atoms with Crippen LogP contribution in [0.3, 0.4) is 0 Å². The first kappa shape index (κ1) is 23.8. The third-order valence-corrected chi connectivity index (χ3v) is 6.94. The van der Waals surface area contributed by atoms with Gasteiger partial charge in [-0.05, 0) is 49.8 Å². The third kappa shape index (κ3) is 6.52. The second-order valence-corrected chi connectivity index (χ2v) is 10.1. The molecule has 1 atom stereocenters. The number of carbonyl (C=O) groups is 1. The molecule has 29 heavy (non-hydrogen) atoms. The number of nitrogens with one attached hydrogen (secondary N) is 1. The van der Waals surface area contributed by atoms with Crippen molar-refractivity contribution < 1.29 is 18.3 Å². The van der Waals surface area contributed by atoms with Crippen LogP contribution in [0.2, 0.25) is 0 Å². The Hall–Kier alpha value is -1.44. The van der Waals surface area contributed by atoms with E-state index >= 15 is 0 Å². The van der Waals surface area contributed by atoms with Crippen LogP contribution in [0, 0.1) is 5.41 Å². The topological polar surface area (TPSA) is 86.7 Å². The molecule has 6 nitrogen and oxygen atoms in total. The molecule has 0 aliphatic heterocycles. The first-order valence-corrected chi connectivity index (χ1v) is 12.6. The number of aldehydes is 1. The lowest BCUT2D eigenvalue weighted by atomic mass is 9.61. The second kappa shape index (κ2) is 11.1. The number of hydrogen-bond acceptors (Lipinski definition) is 5. The van der Waals surface area contributed by atoms with Gasteiger partial charge in [-0.3, -0.25) is 0 Å². The number of rotatable bonds is 14. The Morgan fingerprint density at radius 3 is 2.55 bits per heavy atom. The van der Waals surface area contributed by atoms with Gasteiger partial charge >= 0.3 is 0 Å². The van der Waals surface area contributed by atoms with E-state index in [9.17, 15) is 18.3 Å². The number of aliphatic hydroxyl groups is 1. The predicted molar refractivity (Wildman–Crippen MR) is 117 cm³/mol. The summed E-state index contributed by atoms with van der Waals surface area (Å²) in [7, 11) is -3.50. The Balaban J connectivity index is 2.06. The lowest BCUT2D eigenvalue weighted by Crippen LogP contribution is -2.43. The molecule has 1 aliphatic rings. The van der Waals surface area contributed by atoms with Gasteiger partial charge in [0.15, 0.2) is 0 Å². The monoisotopic (exact) mass is 424 g/mol. The zero-order valence-electron chi connectivity index (χ0n) is 17.8. The molecule has 1 unspecified atom stereocenters. The number of hydrogen-bond donors (Lipinski definition) is 2. The quantitative estimate of drug-likeness (QED) is 0.267. The summed E-state index contributed by atoms with van der Waals surface area (Å²) in [4.78, 5) is 10.3. The lowest BCUT2D eigenvalue weighted by Gasteiger charge is -2.46. The Labute approximate surface area is 175 Å². The summed E-state index contributed by atoms with van der Waals surface area (Å²) in [6.07, 6.45) is 10.9. The molecular formula is C22H36N2O4S. The van der Waals surface area contributed by atoms with E-state index in [1.807, 2.05) is 12.1 Å². The van der Waals surface area contributed by atoms with Crippen LogP contribution in [0.4, 0.5) is 5.69 Å². The highest BCUT2D eigenvalue weighted by molar-refractivity contribution is 7.92. The SMILES string of the molecule is CCCC1(C(O)c2cccc(N(NCCCCCCC=O)S(C)(=O)=O)c2)CCC1. The van der Waals surface area contributed by atoms with Gasteiger partial charge in [0.2, 0.25) is 10.0 Å². The maximum Gasteiger partial charge on any atom is 0.245 e. The molecule has 1 aromatic rings. The van der Waals surface area contributed by atoms with Gasteiger partial charge in [-0.15, -0.1) is 0 Å². The van der Waals surface area contributed by atoms with Crippen molar-refractivity contribution in [3.63, 3.8) is 0 Å². The fraction of sp³-hybridized carbons (Fsp3) is 0.682. The highest BCUT2D eigenvalue weighted by Crippen LogP contribution is 2.53. The number of nitrogens with zero attached hydrogens (tertiary/aromatic N) is 1. The maximum atomic E-state index is 12.3. The van der Waals surface area contributed by atoms with Gasteiger partial charge in [0, 0.05) is 18.4 Å². The highest BCUT2D eigenvalue weighted by Gasteiger charge is 2.43. The summed E-state index contributed by atoms with van der Waals surface area (Å²) in [6, 6.07) is 7.24. The molecule has 1 aliphatic carbocycles. The summed E-state index contributed by atoms with van der Waals surface area (Å²) in [5, 5.41) is 11.0. The molecule has 2 rings (SSSR count). The Morgan fingerprint density at radius 2 is 1.97 bits per heavy atom. The van der Waals surface area contributed by atoms with Crippen LogP contribution in [-0.2, 0) is 14.8 Å². The van der Waals surface area contributed by atoms with Gasteiger partial charge in [-0.25, -0.2) is 18.3 Å². The number of sulfonamides is 1. The van der Waals surface area contributed by atoms with Gasteiger partial charge < -0.3 is 9.90 Å². The molecular weight excluding hydrogens is 388 g/mol. The van der Waals surface area contributed by atoms with Crippen LogP contribution >= 0.6 is 0 Å². The molecule has 0 bridgehead atoms. The van der Waals surface area contributed by atoms with Crippen molar-refractivity contribution in [2.45, 2.75) is 77.2 Å². The lowest BCUT2D eigenvalue weighted by molar-refractivity contribution is -0.107. The number of benzene rings is 1. The van der Waals surface area contributed by atoms with E-state index in [4.69, 9.17) is 0 Å². The highest BCUT2D eigenvalue weighted by atomic mass is 32.2. The molecule has 2 N–H and O–H groups in total. The molecule has 0 spiro atoms. The van der Waals surface area contributed by atoms with Crippen molar-refractivity contribution in [3.8, 4) is 0 Å². The van der Waals surface area contributed by atoms with Gasteiger partial charge in [0.05, 0.1) is 18.0 Å². The summed E-state index contributed by atoms with van der Waals surface area (Å²) in [6.45, 7) is 2.66. The molecule has 1 aromatic carbocycles. The summed E-state index contributed by atoms with van der Waals surface area (Å²) < 4.78 is 25.9. The molecule has 0 saturated heterocycles. The van der Waals surface area contributed by atoms with Crippen LogP contribution in [0.1, 0.15) is 82.8 Å². The van der Waals surface area contributed by atoms with Gasteiger partial charge in [-0.2, -0.15) is 0 Å². The first-order chi connectivity index (χ1) is 13.8. The van der Waals surface area contributed by atoms with Crippen LogP contribution in [0.15, 0.2) is 24.3 Å². The van der Waals surface area contributed by atoms with Gasteiger partial charge in [-0.1, -0.05) is 44.7 Å². The number of aliphatic hydroxyl groups excluding tert-OH is 1. The first-order valence-electron chi connectivity index (χ1n) is 10.8. The smallest absolute Gasteiger partial charge is 0.245 e. The Morgan fingerprint density at radius 1 is 1.24 bits per heavy atom. The zero-order chi connectivity index (χ0) is 21.3. The van der Waals surface area contributed by atoms with Crippen LogP contribution in [0.25, 0.3) is 0 Å². The fourth-order valence-electron chi connectivity index (χ4n) is 4.25. The molecule has 0 radical (unpaired) electrons. The second-order valence-electron chi connectivity index (χ2n) is 8.27. The van der Waals surface area contributed by atoms with E-state index in [1.165, 1.54) is 10.7 Å². The average molecular weight is 425 g/mol. The summed E-state index contributed by atoms with van der Waals surface area (Å²) in [5.74, 6) is 0. The molecule has 0 aromatic heterocycles. The molecule has 0 heterocycles. The number of carbonyl (C=O) groups excluding carboxylic acids is 1. The van der Waals surface area contributed by atoms with Crippen molar-refractivity contribution >= 4 is 22.0 Å². The van der Waals surface area contributed by atoms with Crippen LogP contribution in [-0.4, -0.2) is 32.6 Å². The van der Waals surface area contributed by atoms with E-state index < -0.39 is 16.1 Å². The van der Waals surface area contributed by atoms with Crippen molar-refractivity contribution in [3.05, 3.63) is 29.8 Å². The van der Waals surface area contributed by atoms with Gasteiger partial charge in [0.1, 0.15) is 6.29 Å². The van der Waals surface area contributed by atoms with Crippen LogP contribution < -0.4 is 9.84 Å². The Kier molecular flexibility index (Phi) is 9.11. The fourth-order valence-corrected chi connectivity index (χ4v) is 5.07. The normalized spacial score (nSPS) is 16.8. The molecule has 1 saturated carbocycles.